The van der Waals surface area contributed by atoms with Crippen LogP contribution in [0.2, 0.25) is 0 Å². The van der Waals surface area contributed by atoms with Gasteiger partial charge in [-0.05, 0) is 6.26 Å². The Morgan fingerprint density at radius 2 is 2.10 bits per heavy atom. The second-order valence-corrected chi connectivity index (χ2v) is 5.64. The SMILES string of the molecule is CSC1COP(=O)(Cl)OC1. The van der Waals surface area contributed by atoms with Crippen LogP contribution in [-0.4, -0.2) is 24.7 Å². The lowest BCUT2D eigenvalue weighted by Gasteiger charge is -2.23. The molecule has 0 bridgehead atoms. The molecule has 0 saturated carbocycles. The van der Waals surface area contributed by atoms with Crippen LogP contribution >= 0.6 is 30.0 Å². The van der Waals surface area contributed by atoms with Crippen molar-refractivity contribution < 1.29 is 13.6 Å². The van der Waals surface area contributed by atoms with Gasteiger partial charge >= 0.3 is 6.95 Å². The zero-order valence-electron chi connectivity index (χ0n) is 5.45. The summed E-state index contributed by atoms with van der Waals surface area (Å²) >= 11 is 6.91. The van der Waals surface area contributed by atoms with Crippen molar-refractivity contribution in [1.29, 1.82) is 0 Å². The quantitative estimate of drug-likeness (QED) is 0.610. The van der Waals surface area contributed by atoms with E-state index in [1.807, 2.05) is 6.26 Å². The number of hydrogen-bond donors (Lipinski definition) is 0. The highest BCUT2D eigenvalue weighted by molar-refractivity contribution is 7.99. The molecule has 1 rings (SSSR count). The van der Waals surface area contributed by atoms with Gasteiger partial charge in [0, 0.05) is 11.2 Å². The zero-order valence-corrected chi connectivity index (χ0v) is 7.92. The molecule has 0 amide bonds. The Morgan fingerprint density at radius 1 is 1.60 bits per heavy atom. The third kappa shape index (κ3) is 2.44. The Kier molecular flexibility index (Phi) is 3.07. The number of rotatable bonds is 1. The molecule has 0 aliphatic carbocycles. The molecule has 1 fully saturated rings. The van der Waals surface area contributed by atoms with Crippen LogP contribution in [-0.2, 0) is 13.6 Å². The first-order chi connectivity index (χ1) is 4.64. The van der Waals surface area contributed by atoms with Crippen molar-refractivity contribution in [3.8, 4) is 0 Å². The van der Waals surface area contributed by atoms with Gasteiger partial charge in [-0.1, -0.05) is 0 Å². The molecule has 6 heteroatoms. The maximum atomic E-state index is 10.8. The molecule has 3 nitrogen and oxygen atoms in total. The molecule has 1 aliphatic heterocycles. The molecule has 0 N–H and O–H groups in total. The first kappa shape index (κ1) is 8.88. The summed E-state index contributed by atoms with van der Waals surface area (Å²) in [5.41, 5.74) is 0. The highest BCUT2D eigenvalue weighted by atomic mass is 35.7. The van der Waals surface area contributed by atoms with Crippen molar-refractivity contribution in [2.24, 2.45) is 0 Å². The van der Waals surface area contributed by atoms with Gasteiger partial charge in [-0.2, -0.15) is 11.8 Å². The Labute approximate surface area is 68.7 Å². The molecule has 1 saturated heterocycles. The third-order valence-electron chi connectivity index (χ3n) is 1.16. The van der Waals surface area contributed by atoms with Gasteiger partial charge in [0.15, 0.2) is 0 Å². The van der Waals surface area contributed by atoms with E-state index in [1.54, 1.807) is 11.8 Å². The van der Waals surface area contributed by atoms with Crippen LogP contribution in [0.15, 0.2) is 0 Å². The Bertz CT molecular complexity index is 153. The predicted octanol–water partition coefficient (Wildman–Crippen LogP) is 2.11. The normalized spacial score (nSPS) is 41.6. The summed E-state index contributed by atoms with van der Waals surface area (Å²) < 4.78 is 20.3. The fraction of sp³-hybridized carbons (Fsp3) is 1.00. The predicted molar refractivity (Wildman–Crippen MR) is 42.7 cm³/mol. The minimum Gasteiger partial charge on any atom is -0.296 e. The van der Waals surface area contributed by atoms with Crippen molar-refractivity contribution in [2.75, 3.05) is 19.5 Å². The van der Waals surface area contributed by atoms with Crippen LogP contribution in [0.5, 0.6) is 0 Å². The number of halogens is 1. The molecular weight excluding hydrogens is 195 g/mol. The van der Waals surface area contributed by atoms with Gasteiger partial charge in [-0.3, -0.25) is 9.05 Å². The minimum atomic E-state index is -3.18. The molecule has 10 heavy (non-hydrogen) atoms. The van der Waals surface area contributed by atoms with Crippen molar-refractivity contribution in [3.05, 3.63) is 0 Å². The summed E-state index contributed by atoms with van der Waals surface area (Å²) in [5.74, 6) is 0. The molecule has 0 aromatic rings. The van der Waals surface area contributed by atoms with Gasteiger partial charge < -0.3 is 0 Å². The molecule has 0 unspecified atom stereocenters. The lowest BCUT2D eigenvalue weighted by Crippen LogP contribution is -2.21. The first-order valence-corrected chi connectivity index (χ1v) is 6.49. The van der Waals surface area contributed by atoms with Crippen LogP contribution in [0.25, 0.3) is 0 Å². The van der Waals surface area contributed by atoms with Crippen LogP contribution in [0.4, 0.5) is 0 Å². The fourth-order valence-corrected chi connectivity index (χ4v) is 2.30. The lowest BCUT2D eigenvalue weighted by atomic mass is 10.5. The molecule has 0 aromatic heterocycles. The van der Waals surface area contributed by atoms with Crippen LogP contribution in [0.3, 0.4) is 0 Å². The Balaban J connectivity index is 2.38. The number of thioether (sulfide) groups is 1. The van der Waals surface area contributed by atoms with E-state index < -0.39 is 6.95 Å². The van der Waals surface area contributed by atoms with Gasteiger partial charge in [0.2, 0.25) is 0 Å². The van der Waals surface area contributed by atoms with E-state index in [0.717, 1.165) is 0 Å². The Morgan fingerprint density at radius 3 is 2.50 bits per heavy atom. The minimum absolute atomic E-state index is 0.265. The van der Waals surface area contributed by atoms with Crippen molar-refractivity contribution >= 4 is 30.0 Å². The second-order valence-electron chi connectivity index (χ2n) is 1.88. The van der Waals surface area contributed by atoms with E-state index in [-0.39, 0.29) is 5.25 Å². The lowest BCUT2D eigenvalue weighted by molar-refractivity contribution is 0.164. The second kappa shape index (κ2) is 3.46. The smallest absolute Gasteiger partial charge is 0.296 e. The molecular formula is C4H8ClO3PS. The van der Waals surface area contributed by atoms with Crippen molar-refractivity contribution in [3.63, 3.8) is 0 Å². The van der Waals surface area contributed by atoms with Crippen LogP contribution < -0.4 is 0 Å². The first-order valence-electron chi connectivity index (χ1n) is 2.75. The molecule has 0 atom stereocenters. The van der Waals surface area contributed by atoms with Gasteiger partial charge in [0.25, 0.3) is 0 Å². The molecule has 60 valence electrons. The maximum Gasteiger partial charge on any atom is 0.424 e. The van der Waals surface area contributed by atoms with Crippen molar-refractivity contribution in [2.45, 2.75) is 5.25 Å². The Hall–Kier alpha value is 0.790. The average Bonchev–Trinajstić information content (AvgIpc) is 1.88. The van der Waals surface area contributed by atoms with Gasteiger partial charge in [-0.25, -0.2) is 4.57 Å². The summed E-state index contributed by atoms with van der Waals surface area (Å²) in [6.45, 7) is -2.34. The van der Waals surface area contributed by atoms with E-state index in [9.17, 15) is 4.57 Å². The summed E-state index contributed by atoms with van der Waals surface area (Å²) in [4.78, 5) is 0. The summed E-state index contributed by atoms with van der Waals surface area (Å²) in [7, 11) is 0. The standard InChI is InChI=1S/C4H8ClO3PS/c1-10-4-2-7-9(5,6)8-3-4/h4H,2-3H2,1H3. The molecule has 0 spiro atoms. The largest absolute Gasteiger partial charge is 0.424 e. The van der Waals surface area contributed by atoms with Crippen molar-refractivity contribution in [1.82, 2.24) is 0 Å². The topological polar surface area (TPSA) is 35.5 Å². The van der Waals surface area contributed by atoms with E-state index in [2.05, 4.69) is 0 Å². The highest BCUT2D eigenvalue weighted by Gasteiger charge is 2.29. The van der Waals surface area contributed by atoms with Crippen LogP contribution in [0.1, 0.15) is 0 Å². The molecule has 1 aliphatic rings. The fourth-order valence-electron chi connectivity index (χ4n) is 0.566. The van der Waals surface area contributed by atoms with Gasteiger partial charge in [0.1, 0.15) is 0 Å². The zero-order chi connectivity index (χ0) is 7.61. The maximum absolute atomic E-state index is 10.8. The molecule has 0 radical (unpaired) electrons. The monoisotopic (exact) mass is 202 g/mol. The van der Waals surface area contributed by atoms with Gasteiger partial charge in [0.05, 0.1) is 18.5 Å². The van der Waals surface area contributed by atoms with Crippen LogP contribution in [0, 0.1) is 0 Å². The van der Waals surface area contributed by atoms with E-state index in [1.165, 1.54) is 0 Å². The highest BCUT2D eigenvalue weighted by Crippen LogP contribution is 2.56. The van der Waals surface area contributed by atoms with E-state index in [4.69, 9.17) is 20.3 Å². The van der Waals surface area contributed by atoms with E-state index in [0.29, 0.717) is 13.2 Å². The summed E-state index contributed by atoms with van der Waals surface area (Å²) in [6.07, 6.45) is 1.95. The third-order valence-corrected chi connectivity index (χ3v) is 3.60. The van der Waals surface area contributed by atoms with E-state index >= 15 is 0 Å². The summed E-state index contributed by atoms with van der Waals surface area (Å²) in [5, 5.41) is 0.265. The molecule has 0 aromatic carbocycles. The molecule has 1 heterocycles. The van der Waals surface area contributed by atoms with Gasteiger partial charge in [-0.15, -0.1) is 0 Å². The number of hydrogen-bond acceptors (Lipinski definition) is 4. The summed E-state index contributed by atoms with van der Waals surface area (Å²) in [6, 6.07) is 0. The average molecular weight is 203 g/mol.